The fourth-order valence-electron chi connectivity index (χ4n) is 4.07. The van der Waals surface area contributed by atoms with Gasteiger partial charge in [0.15, 0.2) is 0 Å². The first-order valence-corrected chi connectivity index (χ1v) is 12.5. The predicted molar refractivity (Wildman–Crippen MR) is 147 cm³/mol. The maximum Gasteiger partial charge on any atom is 0.329 e. The van der Waals surface area contributed by atoms with E-state index in [2.05, 4.69) is 10.6 Å². The van der Waals surface area contributed by atoms with E-state index in [0.717, 1.165) is 11.1 Å². The standard InChI is InChI=1S/C32H30N2O4/c35-30(26-17-9-3-10-18-26)33-28(21-24-13-5-1-6-14-24)23-38-32(37)29(22-25-15-7-2-8-16-25)34-31(36)27-19-11-4-12-20-27/h1-20,28-29H,21-23H2,(H,33,35)(H,34,36)/t28-,29+/m0/s1. The number of rotatable bonds is 11. The molecule has 38 heavy (non-hydrogen) atoms. The van der Waals surface area contributed by atoms with Gasteiger partial charge in [0.25, 0.3) is 11.8 Å². The average Bonchev–Trinajstić information content (AvgIpc) is 2.97. The van der Waals surface area contributed by atoms with Gasteiger partial charge in [-0.15, -0.1) is 0 Å². The first kappa shape index (κ1) is 26.4. The number of hydrogen-bond donors (Lipinski definition) is 2. The van der Waals surface area contributed by atoms with Crippen molar-refractivity contribution in [1.29, 1.82) is 0 Å². The van der Waals surface area contributed by atoms with Gasteiger partial charge in [0.1, 0.15) is 12.6 Å². The Labute approximate surface area is 222 Å². The Balaban J connectivity index is 1.47. The van der Waals surface area contributed by atoms with Crippen molar-refractivity contribution < 1.29 is 19.1 Å². The van der Waals surface area contributed by atoms with E-state index in [1.165, 1.54) is 0 Å². The lowest BCUT2D eigenvalue weighted by atomic mass is 10.0. The molecule has 0 spiro atoms. The van der Waals surface area contributed by atoms with Gasteiger partial charge in [0.2, 0.25) is 0 Å². The molecule has 0 fully saturated rings. The number of nitrogens with one attached hydrogen (secondary N) is 2. The third-order valence-electron chi connectivity index (χ3n) is 6.03. The lowest BCUT2D eigenvalue weighted by molar-refractivity contribution is -0.146. The Hall–Kier alpha value is -4.71. The van der Waals surface area contributed by atoms with Crippen LogP contribution in [0.15, 0.2) is 121 Å². The van der Waals surface area contributed by atoms with Crippen LogP contribution in [-0.2, 0) is 22.4 Å². The van der Waals surface area contributed by atoms with Gasteiger partial charge < -0.3 is 15.4 Å². The van der Waals surface area contributed by atoms with Crippen molar-refractivity contribution in [2.24, 2.45) is 0 Å². The molecular weight excluding hydrogens is 476 g/mol. The van der Waals surface area contributed by atoms with Crippen LogP contribution in [-0.4, -0.2) is 36.5 Å². The Bertz CT molecular complexity index is 1310. The first-order valence-electron chi connectivity index (χ1n) is 12.5. The summed E-state index contributed by atoms with van der Waals surface area (Å²) in [7, 11) is 0. The zero-order valence-electron chi connectivity index (χ0n) is 21.0. The number of carbonyl (C=O) groups excluding carboxylic acids is 3. The van der Waals surface area contributed by atoms with Crippen LogP contribution in [0.3, 0.4) is 0 Å². The van der Waals surface area contributed by atoms with Crippen molar-refractivity contribution in [2.45, 2.75) is 24.9 Å². The molecule has 0 aliphatic heterocycles. The summed E-state index contributed by atoms with van der Waals surface area (Å²) >= 11 is 0. The van der Waals surface area contributed by atoms with Crippen molar-refractivity contribution in [1.82, 2.24) is 10.6 Å². The molecule has 0 saturated heterocycles. The van der Waals surface area contributed by atoms with Crippen molar-refractivity contribution in [3.05, 3.63) is 144 Å². The first-order chi connectivity index (χ1) is 18.6. The zero-order chi connectivity index (χ0) is 26.6. The Morgan fingerprint density at radius 2 is 0.974 bits per heavy atom. The minimum absolute atomic E-state index is 0.0429. The quantitative estimate of drug-likeness (QED) is 0.291. The molecule has 2 amide bonds. The van der Waals surface area contributed by atoms with Crippen molar-refractivity contribution in [3.8, 4) is 0 Å². The van der Waals surface area contributed by atoms with Crippen LogP contribution < -0.4 is 10.6 Å². The summed E-state index contributed by atoms with van der Waals surface area (Å²) in [5.74, 6) is -1.17. The highest BCUT2D eigenvalue weighted by Crippen LogP contribution is 2.10. The van der Waals surface area contributed by atoms with Gasteiger partial charge in [-0.1, -0.05) is 97.1 Å². The molecule has 6 heteroatoms. The molecule has 0 aliphatic rings. The number of hydrogen-bond acceptors (Lipinski definition) is 4. The van der Waals surface area contributed by atoms with E-state index in [9.17, 15) is 14.4 Å². The summed E-state index contributed by atoms with van der Waals surface area (Å²) < 4.78 is 5.72. The number of benzene rings is 4. The maximum atomic E-state index is 13.3. The molecule has 0 aliphatic carbocycles. The van der Waals surface area contributed by atoms with E-state index < -0.39 is 18.1 Å². The molecule has 2 atom stereocenters. The smallest absolute Gasteiger partial charge is 0.329 e. The molecule has 0 unspecified atom stereocenters. The average molecular weight is 507 g/mol. The Morgan fingerprint density at radius 1 is 0.553 bits per heavy atom. The second-order valence-electron chi connectivity index (χ2n) is 8.94. The molecule has 4 aromatic carbocycles. The Morgan fingerprint density at radius 3 is 1.47 bits per heavy atom. The molecule has 4 rings (SSSR count). The molecule has 2 N–H and O–H groups in total. The fourth-order valence-corrected chi connectivity index (χ4v) is 4.07. The molecule has 0 aromatic heterocycles. The minimum Gasteiger partial charge on any atom is -0.462 e. The summed E-state index contributed by atoms with van der Waals surface area (Å²) in [5.41, 5.74) is 2.87. The molecule has 0 heterocycles. The minimum atomic E-state index is -0.896. The summed E-state index contributed by atoms with van der Waals surface area (Å²) in [6, 6.07) is 35.4. The van der Waals surface area contributed by atoms with E-state index in [-0.39, 0.29) is 24.8 Å². The SMILES string of the molecule is O=C(N[C@H](COC(=O)[C@@H](Cc1ccccc1)NC(=O)c1ccccc1)Cc1ccccc1)c1ccccc1. The lowest BCUT2D eigenvalue weighted by Crippen LogP contribution is -2.46. The maximum absolute atomic E-state index is 13.3. The van der Waals surface area contributed by atoms with Gasteiger partial charge in [-0.3, -0.25) is 9.59 Å². The van der Waals surface area contributed by atoms with Gasteiger partial charge in [-0.2, -0.15) is 0 Å². The van der Waals surface area contributed by atoms with E-state index >= 15 is 0 Å². The third-order valence-corrected chi connectivity index (χ3v) is 6.03. The highest BCUT2D eigenvalue weighted by molar-refractivity contribution is 5.97. The molecule has 4 aromatic rings. The van der Waals surface area contributed by atoms with Gasteiger partial charge in [0, 0.05) is 17.5 Å². The van der Waals surface area contributed by atoms with Crippen molar-refractivity contribution in [3.63, 3.8) is 0 Å². The number of ether oxygens (including phenoxy) is 1. The molecule has 192 valence electrons. The molecule has 0 bridgehead atoms. The second kappa shape index (κ2) is 13.6. The monoisotopic (exact) mass is 506 g/mol. The third kappa shape index (κ3) is 7.90. The van der Waals surface area contributed by atoms with Gasteiger partial charge in [-0.05, 0) is 41.8 Å². The van der Waals surface area contributed by atoms with E-state index in [1.807, 2.05) is 72.8 Å². The van der Waals surface area contributed by atoms with Gasteiger partial charge in [-0.25, -0.2) is 4.79 Å². The van der Waals surface area contributed by atoms with Crippen LogP contribution in [0.1, 0.15) is 31.8 Å². The van der Waals surface area contributed by atoms with Crippen LogP contribution in [0.5, 0.6) is 0 Å². The van der Waals surface area contributed by atoms with Crippen LogP contribution in [0.4, 0.5) is 0 Å². The molecular formula is C32H30N2O4. The van der Waals surface area contributed by atoms with E-state index in [4.69, 9.17) is 4.74 Å². The topological polar surface area (TPSA) is 84.5 Å². The highest BCUT2D eigenvalue weighted by Gasteiger charge is 2.25. The summed E-state index contributed by atoms with van der Waals surface area (Å²) in [6.45, 7) is -0.0429. The van der Waals surface area contributed by atoms with Crippen molar-refractivity contribution in [2.75, 3.05) is 6.61 Å². The van der Waals surface area contributed by atoms with Crippen molar-refractivity contribution >= 4 is 17.8 Å². The normalized spacial score (nSPS) is 12.1. The summed E-state index contributed by atoms with van der Waals surface area (Å²) in [5, 5.41) is 5.81. The zero-order valence-corrected chi connectivity index (χ0v) is 21.0. The van der Waals surface area contributed by atoms with Crippen LogP contribution in [0, 0.1) is 0 Å². The predicted octanol–water partition coefficient (Wildman–Crippen LogP) is 4.61. The lowest BCUT2D eigenvalue weighted by Gasteiger charge is -2.22. The number of amides is 2. The second-order valence-corrected chi connectivity index (χ2v) is 8.94. The van der Waals surface area contributed by atoms with Crippen LogP contribution in [0.25, 0.3) is 0 Å². The Kier molecular flexibility index (Phi) is 9.40. The van der Waals surface area contributed by atoms with E-state index in [1.54, 1.807) is 48.5 Å². The van der Waals surface area contributed by atoms with Gasteiger partial charge >= 0.3 is 5.97 Å². The number of carbonyl (C=O) groups is 3. The number of esters is 1. The molecule has 0 saturated carbocycles. The summed E-state index contributed by atoms with van der Waals surface area (Å²) in [6.07, 6.45) is 0.754. The summed E-state index contributed by atoms with van der Waals surface area (Å²) in [4.78, 5) is 39.0. The van der Waals surface area contributed by atoms with E-state index in [0.29, 0.717) is 17.5 Å². The molecule has 6 nitrogen and oxygen atoms in total. The highest BCUT2D eigenvalue weighted by atomic mass is 16.5. The van der Waals surface area contributed by atoms with Crippen LogP contribution >= 0.6 is 0 Å². The van der Waals surface area contributed by atoms with Crippen LogP contribution in [0.2, 0.25) is 0 Å². The largest absolute Gasteiger partial charge is 0.462 e. The fraction of sp³-hybridized carbons (Fsp3) is 0.156. The molecule has 0 radical (unpaired) electrons. The van der Waals surface area contributed by atoms with Gasteiger partial charge in [0.05, 0.1) is 6.04 Å².